The van der Waals surface area contributed by atoms with Gasteiger partial charge in [-0.15, -0.1) is 0 Å². The number of amides is 2. The van der Waals surface area contributed by atoms with Crippen molar-refractivity contribution in [1.29, 1.82) is 0 Å². The quantitative estimate of drug-likeness (QED) is 0.482. The number of likely N-dealkylation sites (N-methyl/N-ethyl adjacent to an activating group) is 1. The fourth-order valence-corrected chi connectivity index (χ4v) is 3.75. The summed E-state index contributed by atoms with van der Waals surface area (Å²) in [6.07, 6.45) is 0. The number of hydrogen-bond acceptors (Lipinski definition) is 3. The lowest BCUT2D eigenvalue weighted by molar-refractivity contribution is -1.00. The van der Waals surface area contributed by atoms with Crippen molar-refractivity contribution in [1.82, 2.24) is 10.6 Å². The fraction of sp³-hybridized carbons (Fsp3) is 0.444. The van der Waals surface area contributed by atoms with Gasteiger partial charge in [-0.05, 0) is 11.6 Å². The minimum absolute atomic E-state index is 0.336. The highest BCUT2D eigenvalue weighted by Crippen LogP contribution is 2.31. The summed E-state index contributed by atoms with van der Waals surface area (Å²) in [5.74, 6) is -0.462. The zero-order valence-electron chi connectivity index (χ0n) is 15.0. The number of esters is 1. The third-order valence-electron chi connectivity index (χ3n) is 5.01. The molecule has 2 aliphatic rings. The predicted molar refractivity (Wildman–Crippen MR) is 97.1 cm³/mol. The van der Waals surface area contributed by atoms with E-state index in [1.807, 2.05) is 18.2 Å². The second kappa shape index (κ2) is 8.07. The van der Waals surface area contributed by atoms with Crippen LogP contribution in [0.2, 0.25) is 5.02 Å². The standard InChI is InChI=1S/C18H23ClN4O3/c1-22-7-9-23(10-8-22)11-14-15(17(24)26-2)16(21-18(25)20-14)12-5-3-4-6-13(12)19/h3-6,16H,7-11H2,1-2H3,(H2,20,21,25)/p+2/t16-/m0/s1. The molecule has 2 aliphatic heterocycles. The van der Waals surface area contributed by atoms with Crippen LogP contribution < -0.4 is 20.4 Å². The molecule has 0 radical (unpaired) electrons. The molecule has 0 aromatic heterocycles. The average molecular weight is 381 g/mol. The summed E-state index contributed by atoms with van der Waals surface area (Å²) in [6, 6.07) is 6.24. The lowest BCUT2D eigenvalue weighted by Gasteiger charge is -2.32. The van der Waals surface area contributed by atoms with Gasteiger partial charge in [0.05, 0.1) is 31.5 Å². The van der Waals surface area contributed by atoms with Gasteiger partial charge in [0, 0.05) is 5.02 Å². The van der Waals surface area contributed by atoms with Crippen LogP contribution in [-0.2, 0) is 9.53 Å². The first kappa shape index (κ1) is 18.7. The highest BCUT2D eigenvalue weighted by atomic mass is 35.5. The second-order valence-electron chi connectivity index (χ2n) is 6.82. The van der Waals surface area contributed by atoms with Crippen LogP contribution in [0.3, 0.4) is 0 Å². The monoisotopic (exact) mass is 380 g/mol. The van der Waals surface area contributed by atoms with Crippen LogP contribution in [-0.4, -0.2) is 58.9 Å². The maximum atomic E-state index is 12.5. The third-order valence-corrected chi connectivity index (χ3v) is 5.36. The van der Waals surface area contributed by atoms with E-state index in [9.17, 15) is 9.59 Å². The minimum atomic E-state index is -0.627. The van der Waals surface area contributed by atoms with Gasteiger partial charge >= 0.3 is 12.0 Å². The van der Waals surface area contributed by atoms with E-state index >= 15 is 0 Å². The summed E-state index contributed by atoms with van der Waals surface area (Å²) in [4.78, 5) is 27.6. The van der Waals surface area contributed by atoms with Gasteiger partial charge in [0.15, 0.2) is 0 Å². The zero-order chi connectivity index (χ0) is 18.7. The molecule has 0 saturated carbocycles. The molecule has 1 aromatic rings. The van der Waals surface area contributed by atoms with E-state index < -0.39 is 12.0 Å². The molecular weight excluding hydrogens is 356 g/mol. The van der Waals surface area contributed by atoms with Crippen LogP contribution >= 0.6 is 11.6 Å². The van der Waals surface area contributed by atoms with Crippen molar-refractivity contribution in [2.75, 3.05) is 46.9 Å². The number of hydrogen-bond donors (Lipinski definition) is 4. The second-order valence-corrected chi connectivity index (χ2v) is 7.23. The summed E-state index contributed by atoms with van der Waals surface area (Å²) in [5.41, 5.74) is 1.71. The molecule has 140 valence electrons. The van der Waals surface area contributed by atoms with Crippen molar-refractivity contribution < 1.29 is 24.1 Å². The molecule has 1 saturated heterocycles. The molecule has 7 nitrogen and oxygen atoms in total. The molecule has 26 heavy (non-hydrogen) atoms. The lowest BCUT2D eigenvalue weighted by Crippen LogP contribution is -3.27. The number of benzene rings is 1. The first-order chi connectivity index (χ1) is 12.5. The Bertz CT molecular complexity index is 729. The largest absolute Gasteiger partial charge is 0.466 e. The Kier molecular flexibility index (Phi) is 5.80. The van der Waals surface area contributed by atoms with Crippen molar-refractivity contribution in [2.45, 2.75) is 6.04 Å². The van der Waals surface area contributed by atoms with E-state index in [1.165, 1.54) is 16.9 Å². The van der Waals surface area contributed by atoms with Gasteiger partial charge in [-0.1, -0.05) is 29.8 Å². The predicted octanol–water partition coefficient (Wildman–Crippen LogP) is -1.47. The number of ether oxygens (including phenoxy) is 1. The van der Waals surface area contributed by atoms with E-state index in [2.05, 4.69) is 17.7 Å². The van der Waals surface area contributed by atoms with Gasteiger partial charge in [-0.2, -0.15) is 0 Å². The molecule has 2 amide bonds. The number of urea groups is 1. The summed E-state index contributed by atoms with van der Waals surface area (Å²) in [5, 5.41) is 6.12. The number of halogens is 1. The van der Waals surface area contributed by atoms with Crippen molar-refractivity contribution in [2.24, 2.45) is 0 Å². The van der Waals surface area contributed by atoms with E-state index in [4.69, 9.17) is 16.3 Å². The molecule has 0 unspecified atom stereocenters. The van der Waals surface area contributed by atoms with Crippen molar-refractivity contribution >= 4 is 23.6 Å². The molecule has 0 bridgehead atoms. The fourth-order valence-electron chi connectivity index (χ4n) is 3.51. The molecule has 1 fully saturated rings. The maximum Gasteiger partial charge on any atom is 0.338 e. The molecule has 0 spiro atoms. The van der Waals surface area contributed by atoms with E-state index in [0.717, 1.165) is 26.2 Å². The summed E-state index contributed by atoms with van der Waals surface area (Å²) in [6.45, 7) is 4.69. The Hall–Kier alpha value is -2.09. The number of piperazine rings is 1. The number of carbonyl (C=O) groups excluding carboxylic acids is 2. The molecule has 3 rings (SSSR count). The molecule has 1 atom stereocenters. The van der Waals surface area contributed by atoms with Crippen LogP contribution in [0.15, 0.2) is 35.5 Å². The van der Waals surface area contributed by atoms with Crippen LogP contribution in [0.1, 0.15) is 11.6 Å². The highest BCUT2D eigenvalue weighted by Gasteiger charge is 2.36. The Labute approximate surface area is 157 Å². The number of carbonyl (C=O) groups is 2. The molecular formula is C18H25ClN4O3+2. The third kappa shape index (κ3) is 4.00. The van der Waals surface area contributed by atoms with Crippen molar-refractivity contribution in [3.8, 4) is 0 Å². The van der Waals surface area contributed by atoms with Crippen LogP contribution in [0, 0.1) is 0 Å². The van der Waals surface area contributed by atoms with Crippen LogP contribution in [0.5, 0.6) is 0 Å². The molecule has 8 heteroatoms. The number of nitrogens with one attached hydrogen (secondary N) is 4. The normalized spacial score (nSPS) is 26.1. The van der Waals surface area contributed by atoms with Crippen LogP contribution in [0.4, 0.5) is 4.79 Å². The molecule has 1 aromatic carbocycles. The van der Waals surface area contributed by atoms with E-state index in [-0.39, 0.29) is 6.03 Å². The Morgan fingerprint density at radius 2 is 1.96 bits per heavy atom. The van der Waals surface area contributed by atoms with Crippen molar-refractivity contribution in [3.05, 3.63) is 46.1 Å². The number of methoxy groups -OCH3 is 1. The Morgan fingerprint density at radius 3 is 2.62 bits per heavy atom. The van der Waals surface area contributed by atoms with Gasteiger partial charge in [-0.25, -0.2) is 9.59 Å². The van der Waals surface area contributed by atoms with Gasteiger partial charge in [0.1, 0.15) is 32.7 Å². The number of quaternary nitrogens is 2. The maximum absolute atomic E-state index is 12.5. The SMILES string of the molecule is COC(=O)C1=C(C[NH+]2CC[NH+](C)CC2)NC(=O)N[C@H]1c1ccccc1Cl. The average Bonchev–Trinajstić information content (AvgIpc) is 2.63. The summed E-state index contributed by atoms with van der Waals surface area (Å²) < 4.78 is 5.01. The lowest BCUT2D eigenvalue weighted by atomic mass is 9.95. The Balaban J connectivity index is 1.96. The van der Waals surface area contributed by atoms with E-state index in [1.54, 1.807) is 6.07 Å². The van der Waals surface area contributed by atoms with E-state index in [0.29, 0.717) is 28.4 Å². The molecule has 0 aliphatic carbocycles. The summed E-state index contributed by atoms with van der Waals surface area (Å²) >= 11 is 6.32. The van der Waals surface area contributed by atoms with Gasteiger partial charge in [0.25, 0.3) is 0 Å². The molecule has 4 N–H and O–H groups in total. The zero-order valence-corrected chi connectivity index (χ0v) is 15.8. The number of rotatable bonds is 4. The first-order valence-corrected chi connectivity index (χ1v) is 9.15. The van der Waals surface area contributed by atoms with Crippen LogP contribution in [0.25, 0.3) is 0 Å². The van der Waals surface area contributed by atoms with Gasteiger partial charge in [-0.3, -0.25) is 0 Å². The topological polar surface area (TPSA) is 76.3 Å². The smallest absolute Gasteiger partial charge is 0.338 e. The highest BCUT2D eigenvalue weighted by molar-refractivity contribution is 6.31. The molecule has 2 heterocycles. The van der Waals surface area contributed by atoms with Gasteiger partial charge < -0.3 is 25.2 Å². The van der Waals surface area contributed by atoms with Gasteiger partial charge in [0.2, 0.25) is 0 Å². The first-order valence-electron chi connectivity index (χ1n) is 8.77. The van der Waals surface area contributed by atoms with Crippen molar-refractivity contribution in [3.63, 3.8) is 0 Å². The minimum Gasteiger partial charge on any atom is -0.466 e. The Morgan fingerprint density at radius 1 is 1.27 bits per heavy atom. The summed E-state index contributed by atoms with van der Waals surface area (Å²) in [7, 11) is 3.52.